The summed E-state index contributed by atoms with van der Waals surface area (Å²) in [6.07, 6.45) is 3.76. The second-order valence-corrected chi connectivity index (χ2v) is 14.6. The number of pyridine rings is 1. The van der Waals surface area contributed by atoms with Gasteiger partial charge in [-0.05, 0) is 73.2 Å². The summed E-state index contributed by atoms with van der Waals surface area (Å²) in [5, 5.41) is 42.0. The van der Waals surface area contributed by atoms with Gasteiger partial charge < -0.3 is 40.4 Å². The van der Waals surface area contributed by atoms with Gasteiger partial charge in [0, 0.05) is 62.2 Å². The molecule has 1 aromatic heterocycles. The van der Waals surface area contributed by atoms with E-state index in [1.54, 1.807) is 18.2 Å². The van der Waals surface area contributed by atoms with Gasteiger partial charge in [0.05, 0.1) is 23.8 Å². The fraction of sp³-hybridized carbons (Fsp3) is 0.366. The summed E-state index contributed by atoms with van der Waals surface area (Å²) >= 11 is 6.72. The molecule has 1 unspecified atom stereocenters. The first-order chi connectivity index (χ1) is 26.6. The number of ether oxygens (including phenoxy) is 3. The largest absolute Gasteiger partial charge is 0.493 e. The number of halogens is 1. The molecular weight excluding hydrogens is 744 g/mol. The van der Waals surface area contributed by atoms with Crippen molar-refractivity contribution < 1.29 is 49.0 Å². The lowest BCUT2D eigenvalue weighted by Gasteiger charge is -2.25. The molecule has 15 heteroatoms. The number of aromatic nitrogens is 1. The third-order valence-electron chi connectivity index (χ3n) is 10.1. The van der Waals surface area contributed by atoms with E-state index in [0.29, 0.717) is 48.7 Å². The van der Waals surface area contributed by atoms with Gasteiger partial charge in [-0.1, -0.05) is 41.9 Å². The Morgan fingerprint density at radius 2 is 1.66 bits per heavy atom. The van der Waals surface area contributed by atoms with E-state index in [1.165, 1.54) is 19.3 Å². The standard InChI is InChI=1S/C41H47ClN4O10/c1-25-28(7-4-8-31(25)32-9-5-10-34(26(32)2)54-14-6-12-46-13-11-41(53,23-46)39(51)52)22-56-36-17-35(55-21-27-15-30(37(43)48)19-44-18-27)29(16-33(36)42)20-45-40(3,24-47)38(49)50/h4-5,7-10,15-19,45,47,53H,6,11-14,20-24H2,1-3H3,(H2,43,48)(H,49,50)(H,51,52)/t40-,41?/m1/s1. The highest BCUT2D eigenvalue weighted by Crippen LogP contribution is 2.36. The molecule has 0 aliphatic carbocycles. The maximum absolute atomic E-state index is 11.8. The van der Waals surface area contributed by atoms with Crippen molar-refractivity contribution in [1.29, 1.82) is 0 Å². The molecule has 0 spiro atoms. The van der Waals surface area contributed by atoms with E-state index < -0.39 is 35.6 Å². The van der Waals surface area contributed by atoms with Crippen LogP contribution in [0.3, 0.4) is 0 Å². The molecule has 1 aliphatic rings. The molecule has 1 fully saturated rings. The van der Waals surface area contributed by atoms with Crippen molar-refractivity contribution in [2.75, 3.05) is 32.8 Å². The van der Waals surface area contributed by atoms with Crippen LogP contribution in [0.4, 0.5) is 0 Å². The number of aliphatic hydroxyl groups is 2. The molecule has 2 heterocycles. The number of aliphatic carboxylic acids is 2. The van der Waals surface area contributed by atoms with E-state index in [-0.39, 0.29) is 43.3 Å². The number of rotatable bonds is 19. The highest BCUT2D eigenvalue weighted by Gasteiger charge is 2.42. The van der Waals surface area contributed by atoms with E-state index in [1.807, 2.05) is 55.1 Å². The molecule has 0 bridgehead atoms. The van der Waals surface area contributed by atoms with Gasteiger partial charge in [-0.15, -0.1) is 0 Å². The molecule has 14 nitrogen and oxygen atoms in total. The topological polar surface area (TPSA) is 214 Å². The third kappa shape index (κ3) is 9.94. The number of carbonyl (C=O) groups is 3. The van der Waals surface area contributed by atoms with Crippen LogP contribution in [0.2, 0.25) is 5.02 Å². The van der Waals surface area contributed by atoms with Crippen molar-refractivity contribution in [1.82, 2.24) is 15.2 Å². The Kier molecular flexibility index (Phi) is 13.6. The lowest BCUT2D eigenvalue weighted by atomic mass is 9.93. The average Bonchev–Trinajstić information content (AvgIpc) is 3.57. The fourth-order valence-electron chi connectivity index (χ4n) is 6.37. The van der Waals surface area contributed by atoms with Crippen LogP contribution < -0.4 is 25.3 Å². The number of benzene rings is 3. The van der Waals surface area contributed by atoms with Gasteiger partial charge in [0.25, 0.3) is 0 Å². The number of hydrogen-bond acceptors (Lipinski definition) is 11. The minimum absolute atomic E-state index is 0.00272. The number of β-amino-alcohol motifs (C(OH)–C–C–N with tert-alkyl or cyclic N) is 1. The number of hydrogen-bond donors (Lipinski definition) is 6. The number of carboxylic acids is 2. The summed E-state index contributed by atoms with van der Waals surface area (Å²) in [6, 6.07) is 16.6. The highest BCUT2D eigenvalue weighted by molar-refractivity contribution is 6.32. The van der Waals surface area contributed by atoms with Crippen molar-refractivity contribution >= 4 is 29.4 Å². The van der Waals surface area contributed by atoms with Gasteiger partial charge >= 0.3 is 11.9 Å². The molecule has 298 valence electrons. The van der Waals surface area contributed by atoms with Crippen molar-refractivity contribution in [3.63, 3.8) is 0 Å². The highest BCUT2D eigenvalue weighted by atomic mass is 35.5. The van der Waals surface area contributed by atoms with Gasteiger partial charge in [0.15, 0.2) is 5.60 Å². The Hall–Kier alpha value is -5.25. The van der Waals surface area contributed by atoms with Gasteiger partial charge in [-0.2, -0.15) is 0 Å². The Morgan fingerprint density at radius 1 is 0.946 bits per heavy atom. The summed E-state index contributed by atoms with van der Waals surface area (Å²) in [4.78, 5) is 40.9. The van der Waals surface area contributed by atoms with Crippen molar-refractivity contribution in [2.45, 2.75) is 64.5 Å². The third-order valence-corrected chi connectivity index (χ3v) is 10.3. The molecule has 1 aliphatic heterocycles. The smallest absolute Gasteiger partial charge is 0.337 e. The maximum Gasteiger partial charge on any atom is 0.337 e. The Labute approximate surface area is 329 Å². The molecule has 0 saturated carbocycles. The SMILES string of the molecule is Cc1c(COc2cc(OCc3cncc(C(N)=O)c3)c(CN[C@](C)(CO)C(=O)O)cc2Cl)cccc1-c1cccc(OCCCN2CCC(O)(C(=O)O)C2)c1C. The Bertz CT molecular complexity index is 2080. The second-order valence-electron chi connectivity index (χ2n) is 14.1. The predicted octanol–water partition coefficient (Wildman–Crippen LogP) is 4.49. The number of carboxylic acid groups (broad SMARTS) is 2. The van der Waals surface area contributed by atoms with Crippen LogP contribution in [-0.4, -0.2) is 92.1 Å². The molecule has 56 heavy (non-hydrogen) atoms. The molecule has 2 atom stereocenters. The number of nitrogens with two attached hydrogens (primary N) is 1. The van der Waals surface area contributed by atoms with E-state index in [0.717, 1.165) is 33.6 Å². The number of amides is 1. The maximum atomic E-state index is 11.8. The molecule has 1 saturated heterocycles. The average molecular weight is 791 g/mol. The minimum atomic E-state index is -1.69. The van der Waals surface area contributed by atoms with E-state index >= 15 is 0 Å². The van der Waals surface area contributed by atoms with Gasteiger partial charge in [-0.25, -0.2) is 4.79 Å². The van der Waals surface area contributed by atoms with Gasteiger partial charge in [-0.3, -0.25) is 24.8 Å². The number of aliphatic hydroxyl groups excluding tert-OH is 1. The normalized spacial score (nSPS) is 16.6. The molecule has 0 radical (unpaired) electrons. The van der Waals surface area contributed by atoms with Crippen LogP contribution >= 0.6 is 11.6 Å². The molecular formula is C41H47ClN4O10. The van der Waals surface area contributed by atoms with Gasteiger partial charge in [0.1, 0.15) is 36.0 Å². The number of nitrogens with one attached hydrogen (secondary N) is 1. The molecule has 3 aromatic carbocycles. The summed E-state index contributed by atoms with van der Waals surface area (Å²) in [5.74, 6) is -1.68. The van der Waals surface area contributed by atoms with Crippen LogP contribution in [0.15, 0.2) is 67.0 Å². The number of likely N-dealkylation sites (tertiary alicyclic amines) is 1. The zero-order chi connectivity index (χ0) is 40.6. The first-order valence-electron chi connectivity index (χ1n) is 18.0. The first kappa shape index (κ1) is 41.9. The lowest BCUT2D eigenvalue weighted by Crippen LogP contribution is -2.52. The fourth-order valence-corrected chi connectivity index (χ4v) is 6.61. The molecule has 5 rings (SSSR count). The first-order valence-corrected chi connectivity index (χ1v) is 18.4. The molecule has 7 N–H and O–H groups in total. The van der Waals surface area contributed by atoms with Crippen LogP contribution in [0, 0.1) is 13.8 Å². The Morgan fingerprint density at radius 3 is 2.34 bits per heavy atom. The van der Waals surface area contributed by atoms with E-state index in [4.69, 9.17) is 31.5 Å². The van der Waals surface area contributed by atoms with Crippen LogP contribution in [0.1, 0.15) is 57.9 Å². The quantitative estimate of drug-likeness (QED) is 0.0724. The van der Waals surface area contributed by atoms with Crippen LogP contribution in [0.5, 0.6) is 17.2 Å². The predicted molar refractivity (Wildman–Crippen MR) is 208 cm³/mol. The molecule has 1 amide bonds. The molecule has 4 aromatic rings. The minimum Gasteiger partial charge on any atom is -0.493 e. The zero-order valence-corrected chi connectivity index (χ0v) is 32.3. The summed E-state index contributed by atoms with van der Waals surface area (Å²) in [5.41, 5.74) is 8.22. The number of carbonyl (C=O) groups excluding carboxylic acids is 1. The summed E-state index contributed by atoms with van der Waals surface area (Å²) in [6.45, 7) is 6.52. The zero-order valence-electron chi connectivity index (χ0n) is 31.5. The second kappa shape index (κ2) is 18.1. The van der Waals surface area contributed by atoms with Gasteiger partial charge in [0.2, 0.25) is 5.91 Å². The van der Waals surface area contributed by atoms with Crippen LogP contribution in [0.25, 0.3) is 11.1 Å². The van der Waals surface area contributed by atoms with Crippen molar-refractivity contribution in [3.8, 4) is 28.4 Å². The summed E-state index contributed by atoms with van der Waals surface area (Å²) in [7, 11) is 0. The monoisotopic (exact) mass is 790 g/mol. The summed E-state index contributed by atoms with van der Waals surface area (Å²) < 4.78 is 18.6. The van der Waals surface area contributed by atoms with E-state index in [9.17, 15) is 34.8 Å². The number of nitrogens with zero attached hydrogens (tertiary/aromatic N) is 2. The number of primary amides is 1. The lowest BCUT2D eigenvalue weighted by molar-refractivity contribution is -0.157. The van der Waals surface area contributed by atoms with E-state index in [2.05, 4.69) is 10.3 Å². The Balaban J connectivity index is 1.30. The van der Waals surface area contributed by atoms with Crippen molar-refractivity contribution in [3.05, 3.63) is 105 Å². The van der Waals surface area contributed by atoms with Crippen molar-refractivity contribution in [2.24, 2.45) is 5.73 Å². The van der Waals surface area contributed by atoms with Crippen LogP contribution in [-0.2, 0) is 29.3 Å².